The van der Waals surface area contributed by atoms with E-state index in [0.29, 0.717) is 19.5 Å². The van der Waals surface area contributed by atoms with Crippen molar-refractivity contribution in [1.82, 2.24) is 4.90 Å². The van der Waals surface area contributed by atoms with Crippen LogP contribution in [-0.4, -0.2) is 41.7 Å². The zero-order valence-electron chi connectivity index (χ0n) is 12.4. The van der Waals surface area contributed by atoms with Crippen LogP contribution in [0.5, 0.6) is 5.75 Å². The second-order valence-corrected chi connectivity index (χ2v) is 5.86. The lowest BCUT2D eigenvalue weighted by molar-refractivity contribution is -0.163. The molecule has 0 saturated carbocycles. The van der Waals surface area contributed by atoms with Gasteiger partial charge in [-0.15, -0.1) is 0 Å². The van der Waals surface area contributed by atoms with Crippen LogP contribution in [0.4, 0.5) is 0 Å². The summed E-state index contributed by atoms with van der Waals surface area (Å²) in [6, 6.07) is 7.77. The lowest BCUT2D eigenvalue weighted by atomic mass is 9.83. The van der Waals surface area contributed by atoms with Gasteiger partial charge in [0.15, 0.2) is 0 Å². The second kappa shape index (κ2) is 5.83. The van der Waals surface area contributed by atoms with Gasteiger partial charge < -0.3 is 14.7 Å². The molecule has 110 valence electrons. The molecule has 0 spiro atoms. The topological polar surface area (TPSA) is 49.8 Å². The lowest BCUT2D eigenvalue weighted by Crippen LogP contribution is -2.65. The molecule has 1 aliphatic rings. The van der Waals surface area contributed by atoms with Crippen molar-refractivity contribution in [3.63, 3.8) is 0 Å². The highest BCUT2D eigenvalue weighted by Gasteiger charge is 2.45. The molecule has 1 fully saturated rings. The number of benzene rings is 1. The Morgan fingerprint density at radius 1 is 1.35 bits per heavy atom. The minimum atomic E-state index is -0.685. The van der Waals surface area contributed by atoms with E-state index in [-0.39, 0.29) is 11.8 Å². The van der Waals surface area contributed by atoms with Crippen LogP contribution in [0.1, 0.15) is 25.8 Å². The predicted octanol–water partition coefficient (Wildman–Crippen LogP) is 1.86. The molecule has 0 bridgehead atoms. The van der Waals surface area contributed by atoms with Gasteiger partial charge in [-0.1, -0.05) is 26.0 Å². The maximum atomic E-state index is 12.0. The van der Waals surface area contributed by atoms with Crippen molar-refractivity contribution in [3.05, 3.63) is 29.8 Å². The number of carbonyl (C=O) groups is 1. The number of nitrogens with zero attached hydrogens (tertiary/aromatic N) is 1. The van der Waals surface area contributed by atoms with Gasteiger partial charge in [0.2, 0.25) is 5.91 Å². The van der Waals surface area contributed by atoms with Gasteiger partial charge in [-0.25, -0.2) is 0 Å². The number of rotatable bonds is 5. The van der Waals surface area contributed by atoms with Crippen LogP contribution >= 0.6 is 0 Å². The zero-order valence-corrected chi connectivity index (χ0v) is 12.4. The molecule has 1 aromatic carbocycles. The van der Waals surface area contributed by atoms with E-state index in [1.165, 1.54) is 0 Å². The summed E-state index contributed by atoms with van der Waals surface area (Å²) in [5.41, 5.74) is 0.439. The summed E-state index contributed by atoms with van der Waals surface area (Å²) in [5.74, 6) is 1.13. The summed E-state index contributed by atoms with van der Waals surface area (Å²) in [5, 5.41) is 10.1. The van der Waals surface area contributed by atoms with Crippen LogP contribution < -0.4 is 4.74 Å². The van der Waals surface area contributed by atoms with Crippen molar-refractivity contribution in [2.75, 3.05) is 20.2 Å². The van der Waals surface area contributed by atoms with E-state index in [2.05, 4.69) is 0 Å². The van der Waals surface area contributed by atoms with Gasteiger partial charge in [-0.05, 0) is 30.0 Å². The molecule has 1 heterocycles. The first-order valence-corrected chi connectivity index (χ1v) is 7.08. The molecule has 0 atom stereocenters. The molecule has 1 aliphatic heterocycles. The normalized spacial score (nSPS) is 16.9. The van der Waals surface area contributed by atoms with Crippen LogP contribution in [0.15, 0.2) is 24.3 Å². The molecule has 1 amide bonds. The highest BCUT2D eigenvalue weighted by atomic mass is 16.5. The van der Waals surface area contributed by atoms with E-state index in [1.807, 2.05) is 38.1 Å². The van der Waals surface area contributed by atoms with E-state index in [1.54, 1.807) is 12.0 Å². The molecule has 0 unspecified atom stereocenters. The largest absolute Gasteiger partial charge is 0.497 e. The SMILES string of the molecule is COc1ccc(CCC(=O)N2CC(O)(C(C)C)C2)cc1. The Labute approximate surface area is 120 Å². The molecule has 1 N–H and O–H groups in total. The van der Waals surface area contributed by atoms with Crippen LogP contribution in [0.2, 0.25) is 0 Å². The average Bonchev–Trinajstić information content (AvgIpc) is 2.41. The van der Waals surface area contributed by atoms with Crippen LogP contribution in [0, 0.1) is 5.92 Å². The maximum absolute atomic E-state index is 12.0. The average molecular weight is 277 g/mol. The minimum Gasteiger partial charge on any atom is -0.497 e. The number of methoxy groups -OCH3 is 1. The first-order valence-electron chi connectivity index (χ1n) is 7.08. The first-order chi connectivity index (χ1) is 9.44. The molecule has 1 aromatic rings. The van der Waals surface area contributed by atoms with Crippen molar-refractivity contribution >= 4 is 5.91 Å². The van der Waals surface area contributed by atoms with Gasteiger partial charge in [0, 0.05) is 6.42 Å². The maximum Gasteiger partial charge on any atom is 0.223 e. The third kappa shape index (κ3) is 3.12. The number of β-amino-alcohol motifs (C(OH)–C–C–N with tert-alkyl or cyclic N) is 1. The Morgan fingerprint density at radius 2 is 1.95 bits per heavy atom. The van der Waals surface area contributed by atoms with Crippen molar-refractivity contribution in [3.8, 4) is 5.75 Å². The fourth-order valence-corrected chi connectivity index (χ4v) is 2.36. The number of aryl methyl sites for hydroxylation is 1. The minimum absolute atomic E-state index is 0.117. The predicted molar refractivity (Wildman–Crippen MR) is 77.7 cm³/mol. The van der Waals surface area contributed by atoms with E-state index in [9.17, 15) is 9.90 Å². The monoisotopic (exact) mass is 277 g/mol. The smallest absolute Gasteiger partial charge is 0.223 e. The lowest BCUT2D eigenvalue weighted by Gasteiger charge is -2.49. The standard InChI is InChI=1S/C16H23NO3/c1-12(2)16(19)10-17(11-16)15(18)9-6-13-4-7-14(20-3)8-5-13/h4-5,7-8,12,19H,6,9-11H2,1-3H3. The number of carbonyl (C=O) groups excluding carboxylic acids is 1. The van der Waals surface area contributed by atoms with Gasteiger partial charge in [0.05, 0.1) is 20.2 Å². The van der Waals surface area contributed by atoms with E-state index < -0.39 is 5.60 Å². The molecule has 0 radical (unpaired) electrons. The van der Waals surface area contributed by atoms with Crippen molar-refractivity contribution in [2.24, 2.45) is 5.92 Å². The Morgan fingerprint density at radius 3 is 2.45 bits per heavy atom. The molecule has 0 aromatic heterocycles. The summed E-state index contributed by atoms with van der Waals surface area (Å²) < 4.78 is 5.10. The molecule has 2 rings (SSSR count). The number of ether oxygens (including phenoxy) is 1. The fourth-order valence-electron chi connectivity index (χ4n) is 2.36. The quantitative estimate of drug-likeness (QED) is 0.893. The van der Waals surface area contributed by atoms with E-state index in [4.69, 9.17) is 4.74 Å². The molecule has 1 saturated heterocycles. The van der Waals surface area contributed by atoms with Gasteiger partial charge in [0.25, 0.3) is 0 Å². The highest BCUT2D eigenvalue weighted by molar-refractivity contribution is 5.77. The zero-order chi connectivity index (χ0) is 14.8. The van der Waals surface area contributed by atoms with Crippen molar-refractivity contribution in [1.29, 1.82) is 0 Å². The molecule has 20 heavy (non-hydrogen) atoms. The highest BCUT2D eigenvalue weighted by Crippen LogP contribution is 2.29. The third-order valence-electron chi connectivity index (χ3n) is 4.14. The van der Waals surface area contributed by atoms with Gasteiger partial charge in [0.1, 0.15) is 11.4 Å². The Bertz CT molecular complexity index is 461. The summed E-state index contributed by atoms with van der Waals surface area (Å²) >= 11 is 0. The van der Waals surface area contributed by atoms with E-state index >= 15 is 0 Å². The first kappa shape index (κ1) is 14.9. The van der Waals surface area contributed by atoms with Crippen LogP contribution in [0.3, 0.4) is 0 Å². The number of hydrogen-bond donors (Lipinski definition) is 1. The number of hydrogen-bond acceptors (Lipinski definition) is 3. The summed E-state index contributed by atoms with van der Waals surface area (Å²) in [6.45, 7) is 4.90. The Kier molecular flexibility index (Phi) is 4.33. The second-order valence-electron chi connectivity index (χ2n) is 5.86. The van der Waals surface area contributed by atoms with E-state index in [0.717, 1.165) is 17.7 Å². The van der Waals surface area contributed by atoms with Crippen LogP contribution in [-0.2, 0) is 11.2 Å². The molecular formula is C16H23NO3. The summed E-state index contributed by atoms with van der Waals surface area (Å²) in [6.07, 6.45) is 1.21. The number of likely N-dealkylation sites (tertiary alicyclic amines) is 1. The third-order valence-corrected chi connectivity index (χ3v) is 4.14. The van der Waals surface area contributed by atoms with Gasteiger partial charge in [-0.2, -0.15) is 0 Å². The molecule has 4 nitrogen and oxygen atoms in total. The number of amides is 1. The van der Waals surface area contributed by atoms with Gasteiger partial charge in [-0.3, -0.25) is 4.79 Å². The fraction of sp³-hybridized carbons (Fsp3) is 0.562. The summed E-state index contributed by atoms with van der Waals surface area (Å²) in [4.78, 5) is 13.8. The van der Waals surface area contributed by atoms with Gasteiger partial charge >= 0.3 is 0 Å². The van der Waals surface area contributed by atoms with Crippen molar-refractivity contribution in [2.45, 2.75) is 32.3 Å². The molecular weight excluding hydrogens is 254 g/mol. The molecule has 4 heteroatoms. The molecule has 0 aliphatic carbocycles. The van der Waals surface area contributed by atoms with Crippen LogP contribution in [0.25, 0.3) is 0 Å². The Hall–Kier alpha value is -1.55. The Balaban J connectivity index is 1.79. The summed E-state index contributed by atoms with van der Waals surface area (Å²) in [7, 11) is 1.64. The number of aliphatic hydroxyl groups is 1. The van der Waals surface area contributed by atoms with Crippen molar-refractivity contribution < 1.29 is 14.6 Å².